The predicted octanol–water partition coefficient (Wildman–Crippen LogP) is 16.4. The zero-order valence-electron chi connectivity index (χ0n) is 38.6. The molecule has 0 aliphatic heterocycles. The predicted molar refractivity (Wildman–Crippen MR) is 243 cm³/mol. The number of carbonyl (C=O) groups is 3. The minimum absolute atomic E-state index is 0.0631. The van der Waals surface area contributed by atoms with Crippen LogP contribution in [0.25, 0.3) is 0 Å². The van der Waals surface area contributed by atoms with Gasteiger partial charge in [-0.25, -0.2) is 0 Å². The van der Waals surface area contributed by atoms with Crippen LogP contribution in [0, 0.1) is 0 Å². The molecule has 6 heteroatoms. The van der Waals surface area contributed by atoms with Crippen molar-refractivity contribution in [2.75, 3.05) is 13.2 Å². The minimum Gasteiger partial charge on any atom is -0.462 e. The molecule has 0 amide bonds. The maximum absolute atomic E-state index is 12.7. The highest BCUT2D eigenvalue weighted by molar-refractivity contribution is 5.71. The minimum atomic E-state index is -0.758. The monoisotopic (exact) mass is 807 g/mol. The van der Waals surface area contributed by atoms with Gasteiger partial charge in [0.1, 0.15) is 13.2 Å². The SMILES string of the molecule is CCCCCCCCCCCCCCCCCCCC(=O)OC[C@@H](COC(=O)CCCCCCC)OC(=O)CCCCCCCCCCCCCCCCCCC. The molecule has 0 spiro atoms. The highest BCUT2D eigenvalue weighted by Crippen LogP contribution is 2.17. The number of rotatable bonds is 47. The topological polar surface area (TPSA) is 78.9 Å². The summed E-state index contributed by atoms with van der Waals surface area (Å²) in [5, 5.41) is 0. The molecule has 0 aliphatic rings. The van der Waals surface area contributed by atoms with Gasteiger partial charge in [-0.2, -0.15) is 0 Å². The van der Waals surface area contributed by atoms with Crippen molar-refractivity contribution >= 4 is 17.9 Å². The summed E-state index contributed by atoms with van der Waals surface area (Å²) in [5.74, 6) is -0.858. The lowest BCUT2D eigenvalue weighted by molar-refractivity contribution is -0.167. The summed E-state index contributed by atoms with van der Waals surface area (Å²) < 4.78 is 16.7. The van der Waals surface area contributed by atoms with Crippen LogP contribution in [0.4, 0.5) is 0 Å². The Morgan fingerprint density at radius 2 is 0.474 bits per heavy atom. The zero-order chi connectivity index (χ0) is 41.5. The van der Waals surface area contributed by atoms with Gasteiger partial charge in [-0.1, -0.05) is 252 Å². The highest BCUT2D eigenvalue weighted by atomic mass is 16.6. The fourth-order valence-corrected chi connectivity index (χ4v) is 7.74. The molecule has 0 rings (SSSR count). The largest absolute Gasteiger partial charge is 0.462 e. The van der Waals surface area contributed by atoms with E-state index in [0.29, 0.717) is 19.3 Å². The maximum atomic E-state index is 12.7. The van der Waals surface area contributed by atoms with Gasteiger partial charge >= 0.3 is 17.9 Å². The van der Waals surface area contributed by atoms with Gasteiger partial charge in [0.15, 0.2) is 6.10 Å². The number of esters is 3. The third-order valence-electron chi connectivity index (χ3n) is 11.6. The van der Waals surface area contributed by atoms with Crippen LogP contribution in [0.2, 0.25) is 0 Å². The lowest BCUT2D eigenvalue weighted by atomic mass is 10.0. The van der Waals surface area contributed by atoms with E-state index in [0.717, 1.165) is 64.2 Å². The van der Waals surface area contributed by atoms with Crippen LogP contribution in [-0.2, 0) is 28.6 Å². The van der Waals surface area contributed by atoms with Crippen LogP contribution in [0.5, 0.6) is 0 Å². The van der Waals surface area contributed by atoms with E-state index < -0.39 is 6.10 Å². The third-order valence-corrected chi connectivity index (χ3v) is 11.6. The Morgan fingerprint density at radius 1 is 0.281 bits per heavy atom. The maximum Gasteiger partial charge on any atom is 0.306 e. The first-order chi connectivity index (χ1) is 28.0. The van der Waals surface area contributed by atoms with E-state index in [1.165, 1.54) is 186 Å². The van der Waals surface area contributed by atoms with Crippen LogP contribution >= 0.6 is 0 Å². The molecule has 0 bridgehead atoms. The van der Waals surface area contributed by atoms with Crippen molar-refractivity contribution in [2.24, 2.45) is 0 Å². The van der Waals surface area contributed by atoms with Crippen molar-refractivity contribution in [1.29, 1.82) is 0 Å². The van der Waals surface area contributed by atoms with E-state index in [2.05, 4.69) is 20.8 Å². The van der Waals surface area contributed by atoms with Crippen LogP contribution in [0.1, 0.15) is 290 Å². The molecule has 0 saturated heterocycles. The molecule has 0 saturated carbocycles. The molecule has 0 fully saturated rings. The van der Waals surface area contributed by atoms with E-state index in [1.807, 2.05) is 0 Å². The lowest BCUT2D eigenvalue weighted by Crippen LogP contribution is -2.30. The zero-order valence-corrected chi connectivity index (χ0v) is 38.6. The molecule has 57 heavy (non-hydrogen) atoms. The summed E-state index contributed by atoms with van der Waals surface area (Å²) in [7, 11) is 0. The Kier molecular flexibility index (Phi) is 45.8. The molecule has 0 N–H and O–H groups in total. The van der Waals surface area contributed by atoms with Crippen LogP contribution in [0.3, 0.4) is 0 Å². The van der Waals surface area contributed by atoms with Gasteiger partial charge in [0.05, 0.1) is 0 Å². The number of unbranched alkanes of at least 4 members (excludes halogenated alkanes) is 36. The molecule has 0 heterocycles. The molecule has 0 unspecified atom stereocenters. The fraction of sp³-hybridized carbons (Fsp3) is 0.941. The number of hydrogen-bond acceptors (Lipinski definition) is 6. The van der Waals surface area contributed by atoms with E-state index in [1.54, 1.807) is 0 Å². The summed E-state index contributed by atoms with van der Waals surface area (Å²) >= 11 is 0. The summed E-state index contributed by atoms with van der Waals surface area (Å²) in [6.45, 7) is 6.60. The quantitative estimate of drug-likeness (QED) is 0.0346. The molecule has 1 atom stereocenters. The van der Waals surface area contributed by atoms with Gasteiger partial charge < -0.3 is 14.2 Å². The first-order valence-corrected chi connectivity index (χ1v) is 25.5. The Balaban J connectivity index is 4.10. The lowest BCUT2D eigenvalue weighted by Gasteiger charge is -2.18. The Morgan fingerprint density at radius 3 is 0.702 bits per heavy atom. The normalized spacial score (nSPS) is 11.8. The number of hydrogen-bond donors (Lipinski definition) is 0. The first-order valence-electron chi connectivity index (χ1n) is 25.5. The smallest absolute Gasteiger partial charge is 0.306 e. The molecule has 0 aromatic carbocycles. The van der Waals surface area contributed by atoms with Crippen molar-refractivity contribution in [3.63, 3.8) is 0 Å². The second kappa shape index (κ2) is 47.1. The highest BCUT2D eigenvalue weighted by Gasteiger charge is 2.19. The first kappa shape index (κ1) is 55.4. The van der Waals surface area contributed by atoms with Crippen molar-refractivity contribution in [3.05, 3.63) is 0 Å². The van der Waals surface area contributed by atoms with Gasteiger partial charge in [0.25, 0.3) is 0 Å². The average molecular weight is 807 g/mol. The molecule has 0 aromatic rings. The van der Waals surface area contributed by atoms with Crippen LogP contribution in [-0.4, -0.2) is 37.2 Å². The molecule has 338 valence electrons. The van der Waals surface area contributed by atoms with Gasteiger partial charge in [-0.15, -0.1) is 0 Å². The summed E-state index contributed by atoms with van der Waals surface area (Å²) in [6.07, 6.45) is 49.8. The van der Waals surface area contributed by atoms with E-state index in [9.17, 15) is 14.4 Å². The van der Waals surface area contributed by atoms with Crippen LogP contribution < -0.4 is 0 Å². The standard InChI is InChI=1S/C51H98O6/c1-4-7-10-13-15-17-19-21-23-25-27-29-31-33-35-38-41-44-50(53)56-47-48(46-55-49(52)43-40-37-12-9-6-3)57-51(54)45-42-39-36-34-32-30-28-26-24-22-20-18-16-14-11-8-5-2/h48H,4-47H2,1-3H3/t48-/m1/s1. The Labute approximate surface area is 355 Å². The molecule has 6 nitrogen and oxygen atoms in total. The van der Waals surface area contributed by atoms with E-state index in [4.69, 9.17) is 14.2 Å². The van der Waals surface area contributed by atoms with Crippen molar-refractivity contribution < 1.29 is 28.6 Å². The molecule has 0 aliphatic carbocycles. The Hall–Kier alpha value is -1.59. The van der Waals surface area contributed by atoms with Crippen molar-refractivity contribution in [2.45, 2.75) is 297 Å². The van der Waals surface area contributed by atoms with Gasteiger partial charge in [0, 0.05) is 19.3 Å². The average Bonchev–Trinajstić information content (AvgIpc) is 3.21. The van der Waals surface area contributed by atoms with E-state index >= 15 is 0 Å². The van der Waals surface area contributed by atoms with Crippen LogP contribution in [0.15, 0.2) is 0 Å². The molecular weight excluding hydrogens is 709 g/mol. The van der Waals surface area contributed by atoms with Crippen molar-refractivity contribution in [1.82, 2.24) is 0 Å². The molecular formula is C51H98O6. The summed E-state index contributed by atoms with van der Waals surface area (Å²) in [5.41, 5.74) is 0. The molecule has 0 aromatic heterocycles. The number of carbonyl (C=O) groups excluding carboxylic acids is 3. The van der Waals surface area contributed by atoms with Gasteiger partial charge in [-0.05, 0) is 19.3 Å². The van der Waals surface area contributed by atoms with E-state index in [-0.39, 0.29) is 31.1 Å². The second-order valence-corrected chi connectivity index (χ2v) is 17.5. The third kappa shape index (κ3) is 45.3. The molecule has 0 radical (unpaired) electrons. The second-order valence-electron chi connectivity index (χ2n) is 17.5. The van der Waals surface area contributed by atoms with Crippen molar-refractivity contribution in [3.8, 4) is 0 Å². The Bertz CT molecular complexity index is 844. The number of ether oxygens (including phenoxy) is 3. The fourth-order valence-electron chi connectivity index (χ4n) is 7.74. The summed E-state index contributed by atoms with van der Waals surface area (Å²) in [6, 6.07) is 0. The van der Waals surface area contributed by atoms with Gasteiger partial charge in [-0.3, -0.25) is 14.4 Å². The summed E-state index contributed by atoms with van der Waals surface area (Å²) in [4.78, 5) is 37.6. The van der Waals surface area contributed by atoms with Gasteiger partial charge in [0.2, 0.25) is 0 Å².